The van der Waals surface area contributed by atoms with Crippen LogP contribution in [0.25, 0.3) is 11.3 Å². The number of anilines is 1. The monoisotopic (exact) mass is 878 g/mol. The summed E-state index contributed by atoms with van der Waals surface area (Å²) in [5.74, 6) is 3.37. The number of hydrogen-bond donors (Lipinski definition) is 0. The average molecular weight is 880 g/mol. The zero-order valence-corrected chi connectivity index (χ0v) is 35.9. The molecule has 320 valence electrons. The summed E-state index contributed by atoms with van der Waals surface area (Å²) in [6, 6.07) is 15.5. The smallest absolute Gasteiger partial charge is 0.410 e. The SMILES string of the molecule is O=C(OCc1nccs1)N1CCC(CCOc2ccc(Cl)cc2-c2ccno2)CC1.O=C(OCc1nccs1)N1CCC(CCOc2ccccc2N2CCOCC2)CC1. The van der Waals surface area contributed by atoms with Gasteiger partial charge in [-0.05, 0) is 80.7 Å². The number of carbonyl (C=O) groups is 2. The lowest BCUT2D eigenvalue weighted by Gasteiger charge is -2.32. The molecule has 8 rings (SSSR count). The second-order valence-electron chi connectivity index (χ2n) is 14.7. The molecule has 0 aliphatic carbocycles. The normalized spacial score (nSPS) is 16.2. The van der Waals surface area contributed by atoms with Crippen molar-refractivity contribution in [3.63, 3.8) is 0 Å². The maximum Gasteiger partial charge on any atom is 0.410 e. The highest BCUT2D eigenvalue weighted by molar-refractivity contribution is 7.09. The van der Waals surface area contributed by atoms with Gasteiger partial charge in [-0.15, -0.1) is 22.7 Å². The van der Waals surface area contributed by atoms with Crippen LogP contribution in [0, 0.1) is 11.8 Å². The van der Waals surface area contributed by atoms with E-state index in [2.05, 4.69) is 32.2 Å². The second-order valence-corrected chi connectivity index (χ2v) is 17.1. The Balaban J connectivity index is 0.000000181. The maximum absolute atomic E-state index is 12.2. The van der Waals surface area contributed by atoms with Gasteiger partial charge in [-0.2, -0.15) is 0 Å². The van der Waals surface area contributed by atoms with Crippen molar-refractivity contribution < 1.29 is 37.8 Å². The van der Waals surface area contributed by atoms with Crippen molar-refractivity contribution in [1.29, 1.82) is 0 Å². The van der Waals surface area contributed by atoms with Crippen molar-refractivity contribution in [2.75, 3.05) is 70.6 Å². The number of hydrogen-bond acceptors (Lipinski definition) is 14. The molecule has 2 amide bonds. The summed E-state index contributed by atoms with van der Waals surface area (Å²) >= 11 is 9.10. The lowest BCUT2D eigenvalue weighted by atomic mass is 9.94. The molecule has 5 aromatic rings. The summed E-state index contributed by atoms with van der Waals surface area (Å²) in [6.07, 6.45) is 10.3. The van der Waals surface area contributed by atoms with Crippen LogP contribution in [0.4, 0.5) is 15.3 Å². The van der Waals surface area contributed by atoms with Gasteiger partial charge in [0.05, 0.1) is 43.9 Å². The van der Waals surface area contributed by atoms with E-state index in [1.165, 1.54) is 22.7 Å². The molecule has 14 nitrogen and oxygen atoms in total. The van der Waals surface area contributed by atoms with Crippen LogP contribution in [0.15, 0.2) is 82.4 Å². The van der Waals surface area contributed by atoms with Crippen LogP contribution in [0.5, 0.6) is 11.5 Å². The molecule has 3 saturated heterocycles. The molecule has 0 spiro atoms. The molecule has 0 unspecified atom stereocenters. The first-order valence-electron chi connectivity index (χ1n) is 20.5. The number of ether oxygens (including phenoxy) is 5. The third-order valence-corrected chi connectivity index (χ3v) is 12.5. The molecule has 2 aromatic carbocycles. The molecule has 0 radical (unpaired) electrons. The molecule has 3 aliphatic heterocycles. The van der Waals surface area contributed by atoms with E-state index in [1.54, 1.807) is 40.5 Å². The van der Waals surface area contributed by atoms with E-state index in [4.69, 9.17) is 39.8 Å². The van der Waals surface area contributed by atoms with E-state index in [0.29, 0.717) is 48.9 Å². The highest BCUT2D eigenvalue weighted by Crippen LogP contribution is 2.34. The highest BCUT2D eigenvalue weighted by atomic mass is 35.5. The van der Waals surface area contributed by atoms with E-state index < -0.39 is 0 Å². The van der Waals surface area contributed by atoms with E-state index in [9.17, 15) is 9.59 Å². The summed E-state index contributed by atoms with van der Waals surface area (Å²) in [4.78, 5) is 38.6. The van der Waals surface area contributed by atoms with Gasteiger partial charge >= 0.3 is 12.2 Å². The van der Waals surface area contributed by atoms with Crippen LogP contribution in [0.1, 0.15) is 48.5 Å². The van der Waals surface area contributed by atoms with Gasteiger partial charge in [-0.25, -0.2) is 19.6 Å². The quantitative estimate of drug-likeness (QED) is 0.105. The number of aromatic nitrogens is 3. The first-order chi connectivity index (χ1) is 29.5. The van der Waals surface area contributed by atoms with Gasteiger partial charge in [0.1, 0.15) is 34.7 Å². The Morgan fingerprint density at radius 3 is 1.85 bits per heavy atom. The summed E-state index contributed by atoms with van der Waals surface area (Å²) in [5.41, 5.74) is 1.94. The lowest BCUT2D eigenvalue weighted by molar-refractivity contribution is 0.0792. The van der Waals surface area contributed by atoms with Gasteiger partial charge in [0, 0.05) is 73.5 Å². The van der Waals surface area contributed by atoms with E-state index in [1.807, 2.05) is 35.0 Å². The van der Waals surface area contributed by atoms with Gasteiger partial charge in [0.2, 0.25) is 0 Å². The summed E-state index contributed by atoms with van der Waals surface area (Å²) in [7, 11) is 0. The van der Waals surface area contributed by atoms with E-state index in [0.717, 1.165) is 111 Å². The van der Waals surface area contributed by atoms with Crippen LogP contribution >= 0.6 is 34.3 Å². The molecule has 3 aliphatic rings. The number of thiazole rings is 2. The van der Waals surface area contributed by atoms with Crippen molar-refractivity contribution in [3.8, 4) is 22.8 Å². The Bertz CT molecular complexity index is 2020. The number of benzene rings is 2. The predicted molar refractivity (Wildman–Crippen MR) is 230 cm³/mol. The van der Waals surface area contributed by atoms with Crippen LogP contribution in [-0.2, 0) is 27.4 Å². The Hall–Kier alpha value is -4.90. The van der Waals surface area contributed by atoms with E-state index in [-0.39, 0.29) is 25.4 Å². The number of piperidine rings is 2. The maximum atomic E-state index is 12.2. The number of rotatable bonds is 14. The number of halogens is 1. The van der Waals surface area contributed by atoms with E-state index >= 15 is 0 Å². The Morgan fingerprint density at radius 2 is 1.30 bits per heavy atom. The highest BCUT2D eigenvalue weighted by Gasteiger charge is 2.26. The van der Waals surface area contributed by atoms with Crippen molar-refractivity contribution in [2.24, 2.45) is 11.8 Å². The Kier molecular flexibility index (Phi) is 16.3. The molecule has 6 heterocycles. The van der Waals surface area contributed by atoms with Crippen LogP contribution in [0.2, 0.25) is 5.02 Å². The molecule has 0 atom stereocenters. The van der Waals surface area contributed by atoms with Gasteiger partial charge in [0.25, 0.3) is 0 Å². The number of amides is 2. The van der Waals surface area contributed by atoms with Crippen molar-refractivity contribution in [1.82, 2.24) is 24.9 Å². The minimum atomic E-state index is -0.266. The minimum Gasteiger partial charge on any atom is -0.493 e. The standard InChI is InChI=1S/C22H29N3O4S.C21H22ClN3O4S/c26-22(29-17-21-23-8-16-30-21)25-9-5-18(6-10-25)7-13-28-20-4-2-1-3-19(20)24-11-14-27-15-12-24;22-16-1-2-18(17(13-16)19-3-7-24-29-19)27-11-6-15-4-9-25(10-5-15)21(26)28-14-20-23-8-12-30-20/h1-4,8,16,18H,5-7,9-15,17H2;1-3,7-8,12-13,15H,4-6,9-11,14H2. The number of para-hydroxylation sites is 2. The van der Waals surface area contributed by atoms with Crippen LogP contribution in [-0.4, -0.2) is 103 Å². The van der Waals surface area contributed by atoms with Gasteiger partial charge in [0.15, 0.2) is 5.76 Å². The minimum absolute atomic E-state index is 0.235. The second kappa shape index (κ2) is 22.6. The fourth-order valence-corrected chi connectivity index (χ4v) is 8.60. The molecule has 60 heavy (non-hydrogen) atoms. The fraction of sp³-hybridized carbons (Fsp3) is 0.465. The number of likely N-dealkylation sites (tertiary alicyclic amines) is 2. The third-order valence-electron chi connectivity index (χ3n) is 10.8. The molecule has 0 N–H and O–H groups in total. The number of morpholine rings is 1. The molecule has 0 saturated carbocycles. The zero-order chi connectivity index (χ0) is 41.4. The van der Waals surface area contributed by atoms with Gasteiger partial charge < -0.3 is 42.9 Å². The molecule has 3 fully saturated rings. The Labute approximate surface area is 363 Å². The summed E-state index contributed by atoms with van der Waals surface area (Å²) in [6.45, 7) is 7.98. The predicted octanol–water partition coefficient (Wildman–Crippen LogP) is 9.07. The molecule has 17 heteroatoms. The largest absolute Gasteiger partial charge is 0.493 e. The summed E-state index contributed by atoms with van der Waals surface area (Å²) in [5, 5.41) is 9.76. The van der Waals surface area contributed by atoms with Crippen molar-refractivity contribution in [2.45, 2.75) is 51.7 Å². The molecular weight excluding hydrogens is 828 g/mol. The first kappa shape index (κ1) is 43.2. The lowest BCUT2D eigenvalue weighted by Crippen LogP contribution is -2.39. The zero-order valence-electron chi connectivity index (χ0n) is 33.5. The number of nitrogens with zero attached hydrogens (tertiary/aromatic N) is 6. The molecular formula is C43H51ClN6O8S2. The van der Waals surface area contributed by atoms with Crippen LogP contribution < -0.4 is 14.4 Å². The van der Waals surface area contributed by atoms with Crippen LogP contribution in [0.3, 0.4) is 0 Å². The Morgan fingerprint density at radius 1 is 0.717 bits per heavy atom. The topological polar surface area (TPSA) is 142 Å². The van der Waals surface area contributed by atoms with Crippen molar-refractivity contribution in [3.05, 3.63) is 92.9 Å². The first-order valence-corrected chi connectivity index (χ1v) is 22.6. The third kappa shape index (κ3) is 12.8. The fourth-order valence-electron chi connectivity index (χ4n) is 7.38. The van der Waals surface area contributed by atoms with Crippen molar-refractivity contribution >= 4 is 52.1 Å². The van der Waals surface area contributed by atoms with Gasteiger partial charge in [-0.1, -0.05) is 28.9 Å². The number of carbonyl (C=O) groups excluding carboxylic acids is 2. The average Bonchev–Trinajstić information content (AvgIpc) is 4.13. The van der Waals surface area contributed by atoms with Gasteiger partial charge in [-0.3, -0.25) is 0 Å². The molecule has 0 bridgehead atoms. The molecule has 3 aromatic heterocycles. The summed E-state index contributed by atoms with van der Waals surface area (Å²) < 4.78 is 33.6.